The van der Waals surface area contributed by atoms with E-state index in [0.29, 0.717) is 0 Å². The van der Waals surface area contributed by atoms with Gasteiger partial charge in [0.15, 0.2) is 0 Å². The molecule has 7 nitrogen and oxygen atoms in total. The summed E-state index contributed by atoms with van der Waals surface area (Å²) >= 11 is 0. The second-order valence-corrected chi connectivity index (χ2v) is 1.55. The summed E-state index contributed by atoms with van der Waals surface area (Å²) in [4.78, 5) is 20.7. The monoisotopic (exact) mass is 154 g/mol. The first-order valence-electron chi connectivity index (χ1n) is 2.33. The van der Waals surface area contributed by atoms with Gasteiger partial charge in [0.25, 0.3) is 0 Å². The van der Waals surface area contributed by atoms with Gasteiger partial charge >= 0.3 is 24.4 Å². The number of carbonyl (C=O) groups excluding carboxylic acids is 2. The lowest BCUT2D eigenvalue weighted by Gasteiger charge is -2.06. The number of primary amides is 2. The van der Waals surface area contributed by atoms with Crippen molar-refractivity contribution in [3.63, 3.8) is 0 Å². The lowest BCUT2D eigenvalue weighted by molar-refractivity contribution is -0.616. The number of amides is 4. The van der Waals surface area contributed by atoms with Gasteiger partial charge in [0.05, 0.1) is 0 Å². The van der Waals surface area contributed by atoms with Gasteiger partial charge in [-0.2, -0.15) is 0 Å². The molecule has 0 aromatic heterocycles. The number of nitrogens with two attached hydrogens (primary N) is 2. The molecule has 0 aromatic carbocycles. The zero-order valence-electron chi connectivity index (χ0n) is 5.31. The first-order chi connectivity index (χ1) is 5.01. The van der Waals surface area contributed by atoms with Crippen molar-refractivity contribution in [3.05, 3.63) is 0 Å². The average Bonchev–Trinajstić information content (AvgIpc) is 1.90. The zero-order valence-corrected chi connectivity index (χ0v) is 5.31. The Labute approximate surface area is 61.6 Å². The van der Waals surface area contributed by atoms with Gasteiger partial charge < -0.3 is 11.5 Å². The van der Waals surface area contributed by atoms with E-state index >= 15 is 0 Å². The molecule has 0 heterocycles. The van der Waals surface area contributed by atoms with E-state index in [9.17, 15) is 9.59 Å². The maximum Gasteiger partial charge on any atom is 0.453 e. The predicted molar refractivity (Wildman–Crippen MR) is 30.7 cm³/mol. The third-order valence-electron chi connectivity index (χ3n) is 0.961. The minimum absolute atomic E-state index is 1.09. The molecule has 0 rings (SSSR count). The molecule has 0 fully saturated rings. The van der Waals surface area contributed by atoms with Crippen LogP contribution in [0.5, 0.6) is 0 Å². The SMILES string of the molecule is N#C[N+](C#N)(C(N)=O)C(N)=O. The van der Waals surface area contributed by atoms with E-state index in [0.717, 1.165) is 12.4 Å². The fourth-order valence-electron chi connectivity index (χ4n) is 0.328. The van der Waals surface area contributed by atoms with Crippen LogP contribution in [-0.2, 0) is 0 Å². The van der Waals surface area contributed by atoms with Gasteiger partial charge in [-0.1, -0.05) is 0 Å². The predicted octanol–water partition coefficient (Wildman–Crippen LogP) is -1.08. The Bertz CT molecular complexity index is 252. The van der Waals surface area contributed by atoms with E-state index in [2.05, 4.69) is 11.5 Å². The number of hydrogen-bond donors (Lipinski definition) is 2. The molecule has 4 N–H and O–H groups in total. The molecule has 0 bridgehead atoms. The van der Waals surface area contributed by atoms with Crippen LogP contribution in [0.25, 0.3) is 0 Å². The Kier molecular flexibility index (Phi) is 2.13. The van der Waals surface area contributed by atoms with Crippen LogP contribution in [0.3, 0.4) is 0 Å². The van der Waals surface area contributed by atoms with Crippen LogP contribution >= 0.6 is 0 Å². The fourth-order valence-corrected chi connectivity index (χ4v) is 0.328. The summed E-state index contributed by atoms with van der Waals surface area (Å²) in [5.74, 6) is 0. The van der Waals surface area contributed by atoms with Crippen molar-refractivity contribution < 1.29 is 14.1 Å². The molecule has 0 aliphatic heterocycles. The van der Waals surface area contributed by atoms with Gasteiger partial charge in [0.1, 0.15) is 0 Å². The summed E-state index contributed by atoms with van der Waals surface area (Å²) < 4.78 is -1.86. The smallest absolute Gasteiger partial charge is 0.316 e. The molecule has 0 spiro atoms. The second-order valence-electron chi connectivity index (χ2n) is 1.55. The molecule has 0 unspecified atom stereocenters. The molecule has 0 aromatic rings. The number of imide groups is 1. The van der Waals surface area contributed by atoms with Crippen LogP contribution in [0.2, 0.25) is 0 Å². The van der Waals surface area contributed by atoms with Crippen molar-refractivity contribution in [2.75, 3.05) is 0 Å². The minimum atomic E-state index is -1.86. The number of hydrogen-bond acceptors (Lipinski definition) is 4. The highest BCUT2D eigenvalue weighted by Gasteiger charge is 2.45. The first-order valence-corrected chi connectivity index (χ1v) is 2.33. The van der Waals surface area contributed by atoms with Gasteiger partial charge in [0.2, 0.25) is 0 Å². The van der Waals surface area contributed by atoms with Crippen LogP contribution in [-0.4, -0.2) is 16.5 Å². The van der Waals surface area contributed by atoms with Crippen molar-refractivity contribution in [2.24, 2.45) is 11.5 Å². The van der Waals surface area contributed by atoms with E-state index in [1.807, 2.05) is 0 Å². The second kappa shape index (κ2) is 2.64. The standard InChI is InChI=1S/C4H3N5O2/c5-1-9(2-6,3(7)10)4(8)11/h(H3-,7,8,10,11)/p+1. The maximum absolute atomic E-state index is 10.4. The Balaban J connectivity index is 5.19. The van der Waals surface area contributed by atoms with Crippen LogP contribution in [0.1, 0.15) is 0 Å². The van der Waals surface area contributed by atoms with Crippen LogP contribution < -0.4 is 11.5 Å². The normalized spacial score (nSPS) is 9.27. The summed E-state index contributed by atoms with van der Waals surface area (Å²) in [5.41, 5.74) is 9.16. The summed E-state index contributed by atoms with van der Waals surface area (Å²) in [7, 11) is 0. The fraction of sp³-hybridized carbons (Fsp3) is 0. The number of rotatable bonds is 0. The number of carbonyl (C=O) groups is 2. The average molecular weight is 154 g/mol. The molecule has 0 saturated carbocycles. The number of quaternary nitrogens is 1. The van der Waals surface area contributed by atoms with Crippen molar-refractivity contribution in [3.8, 4) is 12.4 Å². The van der Waals surface area contributed by atoms with Crippen molar-refractivity contribution in [2.45, 2.75) is 0 Å². The van der Waals surface area contributed by atoms with E-state index in [1.54, 1.807) is 0 Å². The van der Waals surface area contributed by atoms with Crippen LogP contribution in [0.15, 0.2) is 0 Å². The van der Waals surface area contributed by atoms with Crippen molar-refractivity contribution in [1.29, 1.82) is 10.5 Å². The molecule has 0 aliphatic carbocycles. The molecule has 0 atom stereocenters. The van der Waals surface area contributed by atoms with E-state index < -0.39 is 16.5 Å². The molecule has 11 heavy (non-hydrogen) atoms. The summed E-state index contributed by atoms with van der Waals surface area (Å²) in [5, 5.41) is 16.4. The van der Waals surface area contributed by atoms with Gasteiger partial charge in [0, 0.05) is 4.48 Å². The third kappa shape index (κ3) is 1.08. The van der Waals surface area contributed by atoms with E-state index in [1.165, 1.54) is 0 Å². The topological polar surface area (TPSA) is 134 Å². The highest BCUT2D eigenvalue weighted by Crippen LogP contribution is 2.00. The molecular weight excluding hydrogens is 150 g/mol. The van der Waals surface area contributed by atoms with Crippen LogP contribution in [0.4, 0.5) is 9.59 Å². The third-order valence-corrected chi connectivity index (χ3v) is 0.961. The number of urea groups is 2. The molecule has 56 valence electrons. The highest BCUT2D eigenvalue weighted by atomic mass is 16.2. The quantitative estimate of drug-likeness (QED) is 0.339. The Morgan fingerprint density at radius 3 is 1.36 bits per heavy atom. The van der Waals surface area contributed by atoms with E-state index in [4.69, 9.17) is 10.5 Å². The Hall–Kier alpha value is -2.12. The maximum atomic E-state index is 10.4. The Morgan fingerprint density at radius 2 is 1.36 bits per heavy atom. The number of nitriles is 2. The van der Waals surface area contributed by atoms with Crippen molar-refractivity contribution >= 4 is 12.1 Å². The molecule has 0 aliphatic rings. The molecule has 0 saturated heterocycles. The lowest BCUT2D eigenvalue weighted by atomic mass is 10.6. The minimum Gasteiger partial charge on any atom is -0.316 e. The summed E-state index contributed by atoms with van der Waals surface area (Å²) in [6.45, 7) is 0. The van der Waals surface area contributed by atoms with Crippen LogP contribution in [0, 0.1) is 22.9 Å². The molecular formula is C4H4N5O2+. The van der Waals surface area contributed by atoms with E-state index in [-0.39, 0.29) is 0 Å². The first kappa shape index (κ1) is 8.88. The highest BCUT2D eigenvalue weighted by molar-refractivity contribution is 5.83. The van der Waals surface area contributed by atoms with Gasteiger partial charge in [-0.05, 0) is 0 Å². The lowest BCUT2D eigenvalue weighted by Crippen LogP contribution is -2.55. The van der Waals surface area contributed by atoms with Gasteiger partial charge in [-0.15, -0.1) is 10.5 Å². The van der Waals surface area contributed by atoms with Crippen molar-refractivity contribution in [1.82, 2.24) is 0 Å². The van der Waals surface area contributed by atoms with Gasteiger partial charge in [-0.3, -0.25) is 0 Å². The zero-order chi connectivity index (χ0) is 9.07. The largest absolute Gasteiger partial charge is 0.453 e. The molecule has 7 heteroatoms. The molecule has 4 amide bonds. The summed E-state index contributed by atoms with van der Waals surface area (Å²) in [6.07, 6.45) is 2.18. The summed E-state index contributed by atoms with van der Waals surface area (Å²) in [6, 6.07) is -2.83. The number of nitrogens with zero attached hydrogens (tertiary/aromatic N) is 3. The molecule has 0 radical (unpaired) electrons. The Morgan fingerprint density at radius 1 is 1.09 bits per heavy atom. The van der Waals surface area contributed by atoms with Gasteiger partial charge in [-0.25, -0.2) is 9.59 Å².